The van der Waals surface area contributed by atoms with E-state index in [9.17, 15) is 0 Å². The van der Waals surface area contributed by atoms with Crippen LogP contribution >= 0.6 is 0 Å². The molecule has 0 spiro atoms. The van der Waals surface area contributed by atoms with Crippen LogP contribution < -0.4 is 0 Å². The summed E-state index contributed by atoms with van der Waals surface area (Å²) < 4.78 is 0. The van der Waals surface area contributed by atoms with E-state index in [-0.39, 0.29) is 0 Å². The Bertz CT molecular complexity index is 168. The van der Waals surface area contributed by atoms with E-state index in [1.165, 1.54) is 25.7 Å². The fourth-order valence-corrected chi connectivity index (χ4v) is 2.07. The Balaban J connectivity index is 2.31. The van der Waals surface area contributed by atoms with E-state index in [2.05, 4.69) is 27.7 Å². The summed E-state index contributed by atoms with van der Waals surface area (Å²) in [6, 6.07) is 0. The Labute approximate surface area is 77.1 Å². The Kier molecular flexibility index (Phi) is 3.37. The molecule has 0 aliphatic heterocycles. The third kappa shape index (κ3) is 2.36. The van der Waals surface area contributed by atoms with Crippen molar-refractivity contribution in [2.45, 2.75) is 53.4 Å². The fourth-order valence-electron chi connectivity index (χ4n) is 2.07. The van der Waals surface area contributed by atoms with Crippen LogP contribution in [0.3, 0.4) is 0 Å². The maximum Gasteiger partial charge on any atom is -0.0160 e. The van der Waals surface area contributed by atoms with E-state index in [0.717, 1.165) is 11.8 Å². The van der Waals surface area contributed by atoms with E-state index in [4.69, 9.17) is 0 Å². The lowest BCUT2D eigenvalue weighted by Crippen LogP contribution is -1.97. The smallest absolute Gasteiger partial charge is 0.0160 e. The molecule has 0 aromatic rings. The predicted octanol–water partition coefficient (Wildman–Crippen LogP) is 4.17. The fraction of sp³-hybridized carbons (Fsp3) is 0.833. The van der Waals surface area contributed by atoms with Crippen molar-refractivity contribution >= 4 is 0 Å². The van der Waals surface area contributed by atoms with Crippen molar-refractivity contribution in [2.24, 2.45) is 11.8 Å². The van der Waals surface area contributed by atoms with Gasteiger partial charge in [-0.05, 0) is 38.5 Å². The summed E-state index contributed by atoms with van der Waals surface area (Å²) in [5.41, 5.74) is 3.33. The summed E-state index contributed by atoms with van der Waals surface area (Å²) in [6.07, 6.45) is 5.58. The molecule has 0 aromatic carbocycles. The first-order valence-electron chi connectivity index (χ1n) is 5.35. The molecule has 0 bridgehead atoms. The summed E-state index contributed by atoms with van der Waals surface area (Å²) in [4.78, 5) is 0. The van der Waals surface area contributed by atoms with Crippen molar-refractivity contribution in [3.8, 4) is 0 Å². The predicted molar refractivity (Wildman–Crippen MR) is 55.2 cm³/mol. The zero-order valence-corrected chi connectivity index (χ0v) is 8.98. The third-order valence-corrected chi connectivity index (χ3v) is 3.21. The molecule has 1 rings (SSSR count). The summed E-state index contributed by atoms with van der Waals surface area (Å²) >= 11 is 0. The Morgan fingerprint density at radius 3 is 2.25 bits per heavy atom. The van der Waals surface area contributed by atoms with Crippen molar-refractivity contribution in [2.75, 3.05) is 0 Å². The normalized spacial score (nSPS) is 21.8. The lowest BCUT2D eigenvalue weighted by molar-refractivity contribution is 0.435. The van der Waals surface area contributed by atoms with Gasteiger partial charge in [0.25, 0.3) is 0 Å². The van der Waals surface area contributed by atoms with Crippen LogP contribution in [-0.4, -0.2) is 0 Å². The Hall–Kier alpha value is -0.260. The molecule has 0 amide bonds. The molecule has 1 saturated carbocycles. The van der Waals surface area contributed by atoms with Crippen LogP contribution in [0.2, 0.25) is 0 Å². The first-order valence-corrected chi connectivity index (χ1v) is 5.35. The highest BCUT2D eigenvalue weighted by molar-refractivity contribution is 5.27. The highest BCUT2D eigenvalue weighted by atomic mass is 14.4. The monoisotopic (exact) mass is 166 g/mol. The lowest BCUT2D eigenvalue weighted by Gasteiger charge is -2.09. The molecule has 1 atom stereocenters. The zero-order valence-electron chi connectivity index (χ0n) is 8.98. The van der Waals surface area contributed by atoms with Gasteiger partial charge in [-0.2, -0.15) is 0 Å². The Morgan fingerprint density at radius 2 is 1.92 bits per heavy atom. The van der Waals surface area contributed by atoms with Gasteiger partial charge in [-0.3, -0.25) is 0 Å². The molecule has 0 aromatic heterocycles. The molecule has 70 valence electrons. The number of hydrogen-bond acceptors (Lipinski definition) is 0. The molecule has 1 aliphatic carbocycles. The van der Waals surface area contributed by atoms with Crippen LogP contribution in [0.1, 0.15) is 53.4 Å². The van der Waals surface area contributed by atoms with Gasteiger partial charge < -0.3 is 0 Å². The SMILES string of the molecule is CCC(CC)CC1CC1=C(C)C. The summed E-state index contributed by atoms with van der Waals surface area (Å²) in [5.74, 6) is 1.95. The maximum absolute atomic E-state index is 2.32. The summed E-state index contributed by atoms with van der Waals surface area (Å²) in [7, 11) is 0. The van der Waals surface area contributed by atoms with Crippen molar-refractivity contribution < 1.29 is 0 Å². The van der Waals surface area contributed by atoms with Gasteiger partial charge in [0.2, 0.25) is 0 Å². The molecule has 1 unspecified atom stereocenters. The second-order valence-electron chi connectivity index (χ2n) is 4.34. The van der Waals surface area contributed by atoms with Crippen LogP contribution in [0.4, 0.5) is 0 Å². The van der Waals surface area contributed by atoms with Gasteiger partial charge in [0, 0.05) is 0 Å². The molecule has 0 saturated heterocycles. The standard InChI is InChI=1S/C12H22/c1-5-10(6-2)7-11-8-12(11)9(3)4/h10-11H,5-8H2,1-4H3. The number of allylic oxidation sites excluding steroid dienone is 2. The highest BCUT2D eigenvalue weighted by Gasteiger charge is 2.31. The van der Waals surface area contributed by atoms with Crippen molar-refractivity contribution in [1.29, 1.82) is 0 Å². The summed E-state index contributed by atoms with van der Waals surface area (Å²) in [6.45, 7) is 9.14. The van der Waals surface area contributed by atoms with Gasteiger partial charge in [0.15, 0.2) is 0 Å². The van der Waals surface area contributed by atoms with E-state index >= 15 is 0 Å². The third-order valence-electron chi connectivity index (χ3n) is 3.21. The molecule has 0 radical (unpaired) electrons. The van der Waals surface area contributed by atoms with Gasteiger partial charge in [0.1, 0.15) is 0 Å². The van der Waals surface area contributed by atoms with E-state index in [1.54, 1.807) is 11.1 Å². The minimum atomic E-state index is 0.972. The van der Waals surface area contributed by atoms with Crippen molar-refractivity contribution in [1.82, 2.24) is 0 Å². The molecule has 0 heterocycles. The van der Waals surface area contributed by atoms with Gasteiger partial charge in [0.05, 0.1) is 0 Å². The number of rotatable bonds is 4. The van der Waals surface area contributed by atoms with E-state index < -0.39 is 0 Å². The molecule has 1 fully saturated rings. The first kappa shape index (κ1) is 9.83. The molecule has 0 nitrogen and oxygen atoms in total. The van der Waals surface area contributed by atoms with E-state index in [1.807, 2.05) is 0 Å². The minimum absolute atomic E-state index is 0.972. The average molecular weight is 166 g/mol. The van der Waals surface area contributed by atoms with Crippen molar-refractivity contribution in [3.63, 3.8) is 0 Å². The molecule has 0 heteroatoms. The van der Waals surface area contributed by atoms with Crippen LogP contribution in [0.15, 0.2) is 11.1 Å². The number of hydrogen-bond donors (Lipinski definition) is 0. The second kappa shape index (κ2) is 4.11. The second-order valence-corrected chi connectivity index (χ2v) is 4.34. The molecular formula is C12H22. The maximum atomic E-state index is 2.32. The van der Waals surface area contributed by atoms with E-state index in [0.29, 0.717) is 0 Å². The zero-order chi connectivity index (χ0) is 9.14. The summed E-state index contributed by atoms with van der Waals surface area (Å²) in [5, 5.41) is 0. The molecule has 0 N–H and O–H groups in total. The lowest BCUT2D eigenvalue weighted by atomic mass is 9.96. The van der Waals surface area contributed by atoms with Crippen LogP contribution in [0.25, 0.3) is 0 Å². The quantitative estimate of drug-likeness (QED) is 0.550. The van der Waals surface area contributed by atoms with Gasteiger partial charge >= 0.3 is 0 Å². The largest absolute Gasteiger partial charge is 0.0769 e. The van der Waals surface area contributed by atoms with Gasteiger partial charge in [-0.1, -0.05) is 37.8 Å². The van der Waals surface area contributed by atoms with Crippen LogP contribution in [0, 0.1) is 11.8 Å². The first-order chi connectivity index (χ1) is 5.69. The van der Waals surface area contributed by atoms with Crippen LogP contribution in [-0.2, 0) is 0 Å². The molecular weight excluding hydrogens is 144 g/mol. The average Bonchev–Trinajstić information content (AvgIpc) is 2.79. The Morgan fingerprint density at radius 1 is 1.33 bits per heavy atom. The minimum Gasteiger partial charge on any atom is -0.0769 e. The molecule has 12 heavy (non-hydrogen) atoms. The van der Waals surface area contributed by atoms with Crippen molar-refractivity contribution in [3.05, 3.63) is 11.1 Å². The highest BCUT2D eigenvalue weighted by Crippen LogP contribution is 2.45. The van der Waals surface area contributed by atoms with Crippen LogP contribution in [0.5, 0.6) is 0 Å². The topological polar surface area (TPSA) is 0 Å². The molecule has 1 aliphatic rings. The van der Waals surface area contributed by atoms with Gasteiger partial charge in [-0.25, -0.2) is 0 Å². The van der Waals surface area contributed by atoms with Gasteiger partial charge in [-0.15, -0.1) is 0 Å².